The summed E-state index contributed by atoms with van der Waals surface area (Å²) >= 11 is 0. The van der Waals surface area contributed by atoms with Crippen LogP contribution >= 0.6 is 0 Å². The van der Waals surface area contributed by atoms with Crippen LogP contribution in [0.3, 0.4) is 0 Å². The SMILES string of the molecule is [CH2]c1cncc(CON[C@@H]2OC(CO)[C@@H](O[C@@H]3CC(CO)[C@H](O)[C@@H](O)C3C(C)(C)C)[C@@H](O[C@H]3OC(C)[C@H](O)[C@@H](O)C3O)C2O)c1. The molecule has 1 aromatic rings. The van der Waals surface area contributed by atoms with Crippen molar-refractivity contribution in [1.29, 1.82) is 0 Å². The fraction of sp³-hybridized carbons (Fsp3) is 0.800. The summed E-state index contributed by atoms with van der Waals surface area (Å²) in [5.74, 6) is -1.38. The minimum atomic E-state index is -1.71. The molecule has 257 valence electrons. The lowest BCUT2D eigenvalue weighted by Crippen LogP contribution is -2.67. The normalized spacial score (nSPS) is 42.9. The average molecular weight is 646 g/mol. The van der Waals surface area contributed by atoms with Crippen LogP contribution in [0.2, 0.25) is 0 Å². The van der Waals surface area contributed by atoms with Crippen LogP contribution in [0.5, 0.6) is 0 Å². The maximum atomic E-state index is 11.5. The predicted octanol–water partition coefficient (Wildman–Crippen LogP) is -2.27. The van der Waals surface area contributed by atoms with Crippen molar-refractivity contribution in [2.24, 2.45) is 17.3 Å². The first-order valence-electron chi connectivity index (χ1n) is 15.2. The van der Waals surface area contributed by atoms with E-state index in [1.165, 1.54) is 6.92 Å². The van der Waals surface area contributed by atoms with Gasteiger partial charge in [0.25, 0.3) is 0 Å². The molecule has 9 N–H and O–H groups in total. The fourth-order valence-electron chi connectivity index (χ4n) is 6.49. The first kappa shape index (κ1) is 36.4. The monoisotopic (exact) mass is 645 g/mol. The van der Waals surface area contributed by atoms with E-state index in [1.54, 1.807) is 18.5 Å². The molecular weight excluding hydrogens is 596 g/mol. The van der Waals surface area contributed by atoms with Gasteiger partial charge < -0.3 is 59.8 Å². The van der Waals surface area contributed by atoms with Crippen molar-refractivity contribution >= 4 is 0 Å². The van der Waals surface area contributed by atoms with Crippen LogP contribution in [-0.2, 0) is 30.4 Å². The highest BCUT2D eigenvalue weighted by Crippen LogP contribution is 2.43. The molecular formula is C30H49N2O13. The molecule has 3 fully saturated rings. The Morgan fingerprint density at radius 2 is 1.60 bits per heavy atom. The predicted molar refractivity (Wildman–Crippen MR) is 154 cm³/mol. The van der Waals surface area contributed by atoms with Crippen LogP contribution in [0, 0.1) is 24.2 Å². The van der Waals surface area contributed by atoms with Crippen LogP contribution in [0.4, 0.5) is 0 Å². The first-order chi connectivity index (χ1) is 21.2. The highest BCUT2D eigenvalue weighted by atomic mass is 16.7. The van der Waals surface area contributed by atoms with E-state index in [0.29, 0.717) is 11.1 Å². The smallest absolute Gasteiger partial charge is 0.187 e. The molecule has 1 saturated carbocycles. The molecule has 15 atom stereocenters. The molecule has 1 aromatic heterocycles. The third-order valence-electron chi connectivity index (χ3n) is 8.93. The quantitative estimate of drug-likeness (QED) is 0.122. The standard InChI is InChI=1S/C30H49N2O13/c1-13-6-15(9-31-8-13)12-41-32-28-25(40)27(45-29-24(39)23(38)20(35)14(2)42-29)26(18(11-34)44-28)43-17-7-16(10-33)21(36)22(37)19(17)30(3,4)5/h6,8-9,14,16-29,32-40H,1,7,10-12H2,2-5H3/t14?,16?,17-,18?,19?,20+,21+,22+,23-,24?,25?,26-,27+,28-,29-/m1/s1. The Morgan fingerprint density at radius 3 is 2.22 bits per heavy atom. The van der Waals surface area contributed by atoms with Gasteiger partial charge >= 0.3 is 0 Å². The third kappa shape index (κ3) is 8.18. The molecule has 0 spiro atoms. The number of pyridine rings is 1. The van der Waals surface area contributed by atoms with Crippen molar-refractivity contribution in [3.8, 4) is 0 Å². The lowest BCUT2D eigenvalue weighted by Gasteiger charge is -2.52. The molecule has 1 aliphatic carbocycles. The summed E-state index contributed by atoms with van der Waals surface area (Å²) in [7, 11) is 0. The van der Waals surface area contributed by atoms with Crippen molar-refractivity contribution in [2.45, 2.75) is 120 Å². The van der Waals surface area contributed by atoms with Crippen molar-refractivity contribution in [2.75, 3.05) is 13.2 Å². The zero-order valence-electron chi connectivity index (χ0n) is 26.0. The second-order valence-corrected chi connectivity index (χ2v) is 13.3. The molecule has 0 amide bonds. The number of aliphatic hydroxyl groups excluding tert-OH is 8. The van der Waals surface area contributed by atoms with E-state index in [9.17, 15) is 40.9 Å². The van der Waals surface area contributed by atoms with Gasteiger partial charge in [-0.2, -0.15) is 5.48 Å². The van der Waals surface area contributed by atoms with Crippen LogP contribution in [-0.4, -0.2) is 139 Å². The fourth-order valence-corrected chi connectivity index (χ4v) is 6.49. The van der Waals surface area contributed by atoms with Crippen molar-refractivity contribution in [3.05, 3.63) is 36.5 Å². The van der Waals surface area contributed by atoms with E-state index in [-0.39, 0.29) is 13.0 Å². The lowest BCUT2D eigenvalue weighted by atomic mass is 9.65. The zero-order valence-corrected chi connectivity index (χ0v) is 26.0. The van der Waals surface area contributed by atoms with Crippen molar-refractivity contribution in [3.63, 3.8) is 0 Å². The Bertz CT molecular complexity index is 1080. The van der Waals surface area contributed by atoms with Gasteiger partial charge in [0.05, 0.1) is 37.6 Å². The summed E-state index contributed by atoms with van der Waals surface area (Å²) in [6, 6.07) is 1.75. The van der Waals surface area contributed by atoms with Crippen LogP contribution in [0.1, 0.15) is 45.2 Å². The average Bonchev–Trinajstić information content (AvgIpc) is 2.98. The van der Waals surface area contributed by atoms with Gasteiger partial charge in [0.2, 0.25) is 0 Å². The molecule has 0 bridgehead atoms. The number of hydroxylamine groups is 1. The maximum Gasteiger partial charge on any atom is 0.187 e. The molecule has 1 radical (unpaired) electrons. The van der Waals surface area contributed by atoms with E-state index in [1.807, 2.05) is 20.8 Å². The Morgan fingerprint density at radius 1 is 0.889 bits per heavy atom. The molecule has 6 unspecified atom stereocenters. The minimum Gasteiger partial charge on any atom is -0.396 e. The summed E-state index contributed by atoms with van der Waals surface area (Å²) in [5, 5.41) is 85.0. The number of aliphatic hydroxyl groups is 8. The minimum absolute atomic E-state index is 0.0162. The number of nitrogens with zero attached hydrogens (tertiary/aromatic N) is 1. The summed E-state index contributed by atoms with van der Waals surface area (Å²) in [6.07, 6.45) is -13.9. The number of rotatable bonds is 10. The Hall–Kier alpha value is -1.41. The number of hydrogen-bond acceptors (Lipinski definition) is 15. The van der Waals surface area contributed by atoms with E-state index in [4.69, 9.17) is 23.8 Å². The Labute approximate surface area is 262 Å². The molecule has 15 heteroatoms. The molecule has 4 rings (SSSR count). The number of aromatic nitrogens is 1. The van der Waals surface area contributed by atoms with Gasteiger partial charge in [-0.05, 0) is 36.8 Å². The van der Waals surface area contributed by atoms with Gasteiger partial charge in [0.1, 0.15) is 42.7 Å². The van der Waals surface area contributed by atoms with Gasteiger partial charge in [0, 0.05) is 30.8 Å². The van der Waals surface area contributed by atoms with Gasteiger partial charge in [0.15, 0.2) is 12.5 Å². The van der Waals surface area contributed by atoms with E-state index >= 15 is 0 Å². The Balaban J connectivity index is 1.62. The molecule has 15 nitrogen and oxygen atoms in total. The van der Waals surface area contributed by atoms with Crippen molar-refractivity contribution in [1.82, 2.24) is 10.5 Å². The molecule has 2 aliphatic heterocycles. The van der Waals surface area contributed by atoms with Gasteiger partial charge in [-0.3, -0.25) is 9.82 Å². The second-order valence-electron chi connectivity index (χ2n) is 13.3. The summed E-state index contributed by atoms with van der Waals surface area (Å²) < 4.78 is 24.2. The largest absolute Gasteiger partial charge is 0.396 e. The molecule has 45 heavy (non-hydrogen) atoms. The van der Waals surface area contributed by atoms with E-state index in [2.05, 4.69) is 17.4 Å². The van der Waals surface area contributed by atoms with Gasteiger partial charge in [-0.15, -0.1) is 0 Å². The number of ether oxygens (including phenoxy) is 4. The zero-order chi connectivity index (χ0) is 33.2. The van der Waals surface area contributed by atoms with Crippen molar-refractivity contribution < 1.29 is 64.6 Å². The number of hydrogen-bond donors (Lipinski definition) is 9. The highest BCUT2D eigenvalue weighted by Gasteiger charge is 2.55. The number of nitrogens with one attached hydrogen (secondary N) is 1. The Kier molecular flexibility index (Phi) is 12.3. The second kappa shape index (κ2) is 15.2. The van der Waals surface area contributed by atoms with Crippen LogP contribution in [0.25, 0.3) is 0 Å². The topological polar surface area (TPSA) is 233 Å². The molecule has 3 aliphatic rings. The van der Waals surface area contributed by atoms with Crippen LogP contribution in [0.15, 0.2) is 18.5 Å². The summed E-state index contributed by atoms with van der Waals surface area (Å²) in [5.41, 5.74) is 3.38. The summed E-state index contributed by atoms with van der Waals surface area (Å²) in [6.45, 7) is 9.88. The molecule has 2 saturated heterocycles. The van der Waals surface area contributed by atoms with Gasteiger partial charge in [-0.25, -0.2) is 0 Å². The van der Waals surface area contributed by atoms with Gasteiger partial charge in [-0.1, -0.05) is 26.8 Å². The maximum absolute atomic E-state index is 11.5. The third-order valence-corrected chi connectivity index (χ3v) is 8.93. The molecule has 3 heterocycles. The lowest BCUT2D eigenvalue weighted by molar-refractivity contribution is -0.353. The summed E-state index contributed by atoms with van der Waals surface area (Å²) in [4.78, 5) is 9.62. The highest BCUT2D eigenvalue weighted by molar-refractivity contribution is 5.19. The molecule has 0 aromatic carbocycles. The van der Waals surface area contributed by atoms with Crippen LogP contribution < -0.4 is 5.48 Å². The van der Waals surface area contributed by atoms with E-state index < -0.39 is 110 Å². The first-order valence-corrected chi connectivity index (χ1v) is 15.2. The van der Waals surface area contributed by atoms with E-state index in [0.717, 1.165) is 0 Å².